The van der Waals surface area contributed by atoms with Crippen LogP contribution >= 0.6 is 24.0 Å². The van der Waals surface area contributed by atoms with Crippen LogP contribution < -0.4 is 15.4 Å². The summed E-state index contributed by atoms with van der Waals surface area (Å²) >= 11 is 0. The molecule has 2 N–H and O–H groups in total. The third kappa shape index (κ3) is 6.38. The molecular weight excluding hydrogens is 419 g/mol. The molecule has 6 nitrogen and oxygen atoms in total. The second-order valence-electron chi connectivity index (χ2n) is 5.31. The van der Waals surface area contributed by atoms with E-state index in [1.54, 1.807) is 20.4 Å². The highest BCUT2D eigenvalue weighted by atomic mass is 127. The molecule has 0 aliphatic carbocycles. The first-order valence-corrected chi connectivity index (χ1v) is 7.70. The fourth-order valence-electron chi connectivity index (χ4n) is 2.23. The first kappa shape index (κ1) is 20.3. The highest BCUT2D eigenvalue weighted by Gasteiger charge is 2.06. The second kappa shape index (κ2) is 10.9. The molecule has 0 saturated heterocycles. The Kier molecular flexibility index (Phi) is 9.21. The van der Waals surface area contributed by atoms with E-state index in [9.17, 15) is 0 Å². The number of methoxy groups -OCH3 is 1. The molecule has 24 heavy (non-hydrogen) atoms. The van der Waals surface area contributed by atoms with Gasteiger partial charge in [-0.3, -0.25) is 4.99 Å². The maximum Gasteiger partial charge on any atom is 0.191 e. The molecule has 1 atom stereocenters. The van der Waals surface area contributed by atoms with E-state index in [1.807, 2.05) is 18.2 Å². The number of hydrogen-bond donors (Lipinski definition) is 2. The van der Waals surface area contributed by atoms with Gasteiger partial charge in [0.05, 0.1) is 13.7 Å². The molecular formula is C17H25IN4O2. The van der Waals surface area contributed by atoms with Crippen molar-refractivity contribution in [2.45, 2.75) is 25.8 Å². The molecule has 0 amide bonds. The first-order valence-electron chi connectivity index (χ1n) is 7.70. The summed E-state index contributed by atoms with van der Waals surface area (Å²) < 4.78 is 9.98. The molecule has 0 bridgehead atoms. The number of hydrogen-bond acceptors (Lipinski definition) is 4. The number of benzene rings is 1. The molecule has 1 heterocycles. The van der Waals surface area contributed by atoms with Gasteiger partial charge in [0.1, 0.15) is 17.7 Å². The average molecular weight is 444 g/mol. The molecule has 1 unspecified atom stereocenters. The van der Waals surface area contributed by atoms with Crippen LogP contribution in [0.5, 0.6) is 5.75 Å². The molecule has 0 aliphatic rings. The molecule has 0 spiro atoms. The molecule has 0 aliphatic heterocycles. The molecule has 7 heteroatoms. The van der Waals surface area contributed by atoms with E-state index < -0.39 is 0 Å². The normalized spacial score (nSPS) is 12.2. The van der Waals surface area contributed by atoms with Crippen molar-refractivity contribution in [3.63, 3.8) is 0 Å². The van der Waals surface area contributed by atoms with E-state index in [-0.39, 0.29) is 24.0 Å². The maximum atomic E-state index is 5.19. The quantitative estimate of drug-likeness (QED) is 0.390. The summed E-state index contributed by atoms with van der Waals surface area (Å²) in [6.45, 7) is 3.64. The van der Waals surface area contributed by atoms with E-state index >= 15 is 0 Å². The smallest absolute Gasteiger partial charge is 0.191 e. The maximum absolute atomic E-state index is 5.19. The predicted molar refractivity (Wildman–Crippen MR) is 106 cm³/mol. The van der Waals surface area contributed by atoms with Gasteiger partial charge in [-0.05, 0) is 30.0 Å². The minimum absolute atomic E-state index is 0. The Morgan fingerprint density at radius 2 is 2.00 bits per heavy atom. The third-order valence-electron chi connectivity index (χ3n) is 3.71. The summed E-state index contributed by atoms with van der Waals surface area (Å²) in [4.78, 5) is 4.20. The van der Waals surface area contributed by atoms with Gasteiger partial charge < -0.3 is 19.9 Å². The van der Waals surface area contributed by atoms with Crippen LogP contribution in [0, 0.1) is 0 Å². The number of nitrogens with one attached hydrogen (secondary N) is 2. The summed E-state index contributed by atoms with van der Waals surface area (Å²) in [6, 6.07) is 10.0. The van der Waals surface area contributed by atoms with Gasteiger partial charge in [-0.15, -0.1) is 24.0 Å². The molecule has 1 aromatic heterocycles. The summed E-state index contributed by atoms with van der Waals surface area (Å²) in [6.07, 6.45) is 2.57. The first-order chi connectivity index (χ1) is 11.2. The lowest BCUT2D eigenvalue weighted by molar-refractivity contribution is 0.410. The van der Waals surface area contributed by atoms with Crippen LogP contribution in [0.4, 0.5) is 0 Å². The monoisotopic (exact) mass is 444 g/mol. The third-order valence-corrected chi connectivity index (χ3v) is 3.71. The lowest BCUT2D eigenvalue weighted by Gasteiger charge is -2.15. The largest absolute Gasteiger partial charge is 0.497 e. The van der Waals surface area contributed by atoms with Crippen molar-refractivity contribution in [2.24, 2.45) is 4.99 Å². The number of aromatic nitrogens is 1. The minimum atomic E-state index is 0. The molecule has 0 saturated carbocycles. The predicted octanol–water partition coefficient (Wildman–Crippen LogP) is 3.16. The van der Waals surface area contributed by atoms with E-state index in [0.29, 0.717) is 12.5 Å². The zero-order valence-electron chi connectivity index (χ0n) is 14.3. The van der Waals surface area contributed by atoms with E-state index in [1.165, 1.54) is 5.56 Å². The Hall–Kier alpha value is -1.77. The fraction of sp³-hybridized carbons (Fsp3) is 0.412. The highest BCUT2D eigenvalue weighted by molar-refractivity contribution is 14.0. The van der Waals surface area contributed by atoms with Gasteiger partial charge in [-0.1, -0.05) is 24.2 Å². The number of aliphatic imine (C=N–C) groups is 1. The zero-order valence-corrected chi connectivity index (χ0v) is 16.6. The van der Waals surface area contributed by atoms with Crippen molar-refractivity contribution >= 4 is 29.9 Å². The molecule has 0 radical (unpaired) electrons. The SMILES string of the molecule is CN=C(NCCC(C)c1ccc(OC)cc1)NCc1ccon1.I. The van der Waals surface area contributed by atoms with Crippen molar-refractivity contribution in [1.29, 1.82) is 0 Å². The standard InChI is InChI=1S/C17H24N4O2.HI/c1-13(14-4-6-16(22-3)7-5-14)8-10-19-17(18-2)20-12-15-9-11-23-21-15;/h4-7,9,11,13H,8,10,12H2,1-3H3,(H2,18,19,20);1H. The van der Waals surface area contributed by atoms with Gasteiger partial charge in [0.15, 0.2) is 5.96 Å². The highest BCUT2D eigenvalue weighted by Crippen LogP contribution is 2.21. The molecule has 132 valence electrons. The van der Waals surface area contributed by atoms with Crippen LogP contribution in [-0.4, -0.2) is 31.8 Å². The van der Waals surface area contributed by atoms with E-state index in [4.69, 9.17) is 9.26 Å². The van der Waals surface area contributed by atoms with Crippen LogP contribution in [0.25, 0.3) is 0 Å². The number of halogens is 1. The Morgan fingerprint density at radius 1 is 1.25 bits per heavy atom. The molecule has 2 aromatic rings. The molecule has 1 aromatic carbocycles. The minimum Gasteiger partial charge on any atom is -0.497 e. The van der Waals surface area contributed by atoms with Crippen LogP contribution in [0.2, 0.25) is 0 Å². The van der Waals surface area contributed by atoms with E-state index in [0.717, 1.165) is 30.4 Å². The van der Waals surface area contributed by atoms with Crippen LogP contribution in [0.15, 0.2) is 46.1 Å². The van der Waals surface area contributed by atoms with Crippen LogP contribution in [0.1, 0.15) is 30.5 Å². The zero-order chi connectivity index (χ0) is 16.5. The lowest BCUT2D eigenvalue weighted by Crippen LogP contribution is -2.37. The van der Waals surface area contributed by atoms with Gasteiger partial charge in [0, 0.05) is 19.7 Å². The van der Waals surface area contributed by atoms with Crippen molar-refractivity contribution in [3.05, 3.63) is 47.9 Å². The lowest BCUT2D eigenvalue weighted by atomic mass is 9.98. The van der Waals surface area contributed by atoms with Crippen molar-refractivity contribution in [1.82, 2.24) is 15.8 Å². The van der Waals surface area contributed by atoms with Crippen LogP contribution in [0.3, 0.4) is 0 Å². The van der Waals surface area contributed by atoms with Gasteiger partial charge in [0.25, 0.3) is 0 Å². The average Bonchev–Trinajstić information content (AvgIpc) is 3.11. The summed E-state index contributed by atoms with van der Waals surface area (Å²) in [5.41, 5.74) is 2.15. The van der Waals surface area contributed by atoms with Crippen molar-refractivity contribution in [2.75, 3.05) is 20.7 Å². The van der Waals surface area contributed by atoms with Gasteiger partial charge in [0.2, 0.25) is 0 Å². The van der Waals surface area contributed by atoms with Crippen molar-refractivity contribution in [3.8, 4) is 5.75 Å². The van der Waals surface area contributed by atoms with Gasteiger partial charge in [-0.2, -0.15) is 0 Å². The number of nitrogens with zero attached hydrogens (tertiary/aromatic N) is 2. The van der Waals surface area contributed by atoms with Gasteiger partial charge in [-0.25, -0.2) is 0 Å². The number of guanidine groups is 1. The topological polar surface area (TPSA) is 71.7 Å². The molecule has 0 fully saturated rings. The summed E-state index contributed by atoms with van der Waals surface area (Å²) in [5, 5.41) is 10.4. The fourth-order valence-corrected chi connectivity index (χ4v) is 2.23. The summed E-state index contributed by atoms with van der Waals surface area (Å²) in [7, 11) is 3.44. The van der Waals surface area contributed by atoms with Crippen LogP contribution in [-0.2, 0) is 6.54 Å². The Bertz CT molecular complexity index is 600. The number of rotatable bonds is 7. The Balaban J connectivity index is 0.00000288. The van der Waals surface area contributed by atoms with E-state index in [2.05, 4.69) is 39.8 Å². The Morgan fingerprint density at radius 3 is 2.58 bits per heavy atom. The molecule has 2 rings (SSSR count). The number of ether oxygens (including phenoxy) is 1. The summed E-state index contributed by atoms with van der Waals surface area (Å²) in [5.74, 6) is 2.11. The van der Waals surface area contributed by atoms with Crippen molar-refractivity contribution < 1.29 is 9.26 Å². The van der Waals surface area contributed by atoms with Gasteiger partial charge >= 0.3 is 0 Å². The second-order valence-corrected chi connectivity index (χ2v) is 5.31. The Labute approximate surface area is 160 Å².